The summed E-state index contributed by atoms with van der Waals surface area (Å²) in [7, 11) is 0. The van der Waals surface area contributed by atoms with Crippen molar-refractivity contribution in [3.05, 3.63) is 24.0 Å². The van der Waals surface area contributed by atoms with Crippen LogP contribution < -0.4 is 0 Å². The molecule has 0 unspecified atom stereocenters. The van der Waals surface area contributed by atoms with E-state index in [-0.39, 0.29) is 0 Å². The van der Waals surface area contributed by atoms with E-state index in [1.165, 1.54) is 0 Å². The molecule has 1 aromatic heterocycles. The molecule has 0 atom stereocenters. The van der Waals surface area contributed by atoms with Gasteiger partial charge in [-0.2, -0.15) is 0 Å². The van der Waals surface area contributed by atoms with Crippen LogP contribution in [-0.2, 0) is 6.54 Å². The largest absolute Gasteiger partial charge is 0.345 e. The normalized spacial score (nSPS) is 9.70. The predicted octanol–water partition coefficient (Wildman–Crippen LogP) is 1.70. The summed E-state index contributed by atoms with van der Waals surface area (Å²) in [4.78, 5) is 10.3. The van der Waals surface area contributed by atoms with Crippen molar-refractivity contribution >= 4 is 22.2 Å². The van der Waals surface area contributed by atoms with Gasteiger partial charge in [-0.1, -0.05) is 15.9 Å². The van der Waals surface area contributed by atoms with E-state index in [1.807, 2.05) is 16.8 Å². The van der Waals surface area contributed by atoms with Crippen LogP contribution in [0.5, 0.6) is 0 Å². The van der Waals surface area contributed by atoms with Crippen LogP contribution in [0.15, 0.2) is 18.3 Å². The average molecular weight is 202 g/mol. The number of carbonyl (C=O) groups is 1. The highest BCUT2D eigenvalue weighted by Crippen LogP contribution is 1.99. The molecule has 0 aliphatic rings. The van der Waals surface area contributed by atoms with Gasteiger partial charge in [0.15, 0.2) is 6.29 Å². The summed E-state index contributed by atoms with van der Waals surface area (Å²) in [6.45, 7) is 0.848. The average Bonchev–Trinajstić information content (AvgIpc) is 2.36. The van der Waals surface area contributed by atoms with Crippen molar-refractivity contribution in [1.82, 2.24) is 4.57 Å². The molecular formula is C7H8BrNO. The van der Waals surface area contributed by atoms with E-state index in [9.17, 15) is 4.79 Å². The zero-order chi connectivity index (χ0) is 7.40. The first kappa shape index (κ1) is 7.54. The summed E-state index contributed by atoms with van der Waals surface area (Å²) in [6.07, 6.45) is 2.76. The Morgan fingerprint density at radius 3 is 3.10 bits per heavy atom. The fourth-order valence-electron chi connectivity index (χ4n) is 0.829. The molecule has 0 N–H and O–H groups in total. The Labute approximate surface area is 68.0 Å². The summed E-state index contributed by atoms with van der Waals surface area (Å²) in [5, 5.41) is 0.878. The summed E-state index contributed by atoms with van der Waals surface area (Å²) in [6, 6.07) is 3.67. The lowest BCUT2D eigenvalue weighted by atomic mass is 10.5. The van der Waals surface area contributed by atoms with E-state index in [1.54, 1.807) is 6.07 Å². The van der Waals surface area contributed by atoms with Crippen molar-refractivity contribution < 1.29 is 4.79 Å². The Balaban J connectivity index is 2.79. The molecular weight excluding hydrogens is 194 g/mol. The molecule has 0 aliphatic heterocycles. The minimum Gasteiger partial charge on any atom is -0.345 e. The van der Waals surface area contributed by atoms with E-state index in [0.29, 0.717) is 0 Å². The molecule has 1 aromatic rings. The number of hydrogen-bond donors (Lipinski definition) is 0. The minimum absolute atomic E-state index is 0.736. The number of nitrogens with zero attached hydrogens (tertiary/aromatic N) is 1. The SMILES string of the molecule is O=Cc1cccn1CCBr. The fraction of sp³-hybridized carbons (Fsp3) is 0.286. The lowest BCUT2D eigenvalue weighted by molar-refractivity contribution is 0.111. The Kier molecular flexibility index (Phi) is 2.68. The van der Waals surface area contributed by atoms with Gasteiger partial charge in [-0.3, -0.25) is 4.79 Å². The van der Waals surface area contributed by atoms with Crippen molar-refractivity contribution in [2.24, 2.45) is 0 Å². The van der Waals surface area contributed by atoms with Crippen LogP contribution in [0.4, 0.5) is 0 Å². The third kappa shape index (κ3) is 1.48. The standard InChI is InChI=1S/C7H8BrNO/c8-3-5-9-4-1-2-7(9)6-10/h1-2,4,6H,3,5H2. The molecule has 54 valence electrons. The van der Waals surface area contributed by atoms with Crippen molar-refractivity contribution in [3.63, 3.8) is 0 Å². The van der Waals surface area contributed by atoms with Crippen LogP contribution in [0.3, 0.4) is 0 Å². The second kappa shape index (κ2) is 3.56. The van der Waals surface area contributed by atoms with Crippen molar-refractivity contribution in [2.45, 2.75) is 6.54 Å². The fourth-order valence-corrected chi connectivity index (χ4v) is 1.21. The zero-order valence-electron chi connectivity index (χ0n) is 5.46. The number of rotatable bonds is 3. The lowest BCUT2D eigenvalue weighted by Gasteiger charge is -1.99. The molecule has 1 rings (SSSR count). The van der Waals surface area contributed by atoms with Gasteiger partial charge in [-0.25, -0.2) is 0 Å². The molecule has 0 bridgehead atoms. The first-order valence-electron chi connectivity index (χ1n) is 3.05. The highest BCUT2D eigenvalue weighted by molar-refractivity contribution is 9.09. The molecule has 0 fully saturated rings. The van der Waals surface area contributed by atoms with E-state index in [0.717, 1.165) is 23.9 Å². The van der Waals surface area contributed by atoms with Gasteiger partial charge in [-0.15, -0.1) is 0 Å². The summed E-state index contributed by atoms with van der Waals surface area (Å²) >= 11 is 3.30. The maximum absolute atomic E-state index is 10.3. The van der Waals surface area contributed by atoms with Crippen molar-refractivity contribution in [3.8, 4) is 0 Å². The highest BCUT2D eigenvalue weighted by Gasteiger charge is 1.95. The number of aryl methyl sites for hydroxylation is 1. The molecule has 0 aromatic carbocycles. The van der Waals surface area contributed by atoms with Crippen LogP contribution in [-0.4, -0.2) is 16.2 Å². The van der Waals surface area contributed by atoms with Gasteiger partial charge >= 0.3 is 0 Å². The van der Waals surface area contributed by atoms with Crippen molar-refractivity contribution in [2.75, 3.05) is 5.33 Å². The van der Waals surface area contributed by atoms with Crippen LogP contribution in [0, 0.1) is 0 Å². The van der Waals surface area contributed by atoms with Gasteiger partial charge in [0.25, 0.3) is 0 Å². The van der Waals surface area contributed by atoms with E-state index >= 15 is 0 Å². The van der Waals surface area contributed by atoms with Crippen LogP contribution in [0.1, 0.15) is 10.5 Å². The molecule has 2 nitrogen and oxygen atoms in total. The van der Waals surface area contributed by atoms with Gasteiger partial charge in [0.1, 0.15) is 0 Å². The van der Waals surface area contributed by atoms with Gasteiger partial charge in [0, 0.05) is 18.1 Å². The second-order valence-electron chi connectivity index (χ2n) is 1.93. The number of aromatic nitrogens is 1. The van der Waals surface area contributed by atoms with Crippen LogP contribution >= 0.6 is 15.9 Å². The monoisotopic (exact) mass is 201 g/mol. The molecule has 1 heterocycles. The van der Waals surface area contributed by atoms with Crippen molar-refractivity contribution in [1.29, 1.82) is 0 Å². The molecule has 0 saturated carbocycles. The number of halogens is 1. The Bertz CT molecular complexity index is 219. The van der Waals surface area contributed by atoms with Gasteiger partial charge in [0.05, 0.1) is 5.69 Å². The molecule has 0 radical (unpaired) electrons. The first-order chi connectivity index (χ1) is 4.88. The zero-order valence-corrected chi connectivity index (χ0v) is 7.04. The molecule has 10 heavy (non-hydrogen) atoms. The van der Waals surface area contributed by atoms with E-state index in [4.69, 9.17) is 0 Å². The van der Waals surface area contributed by atoms with Crippen LogP contribution in [0.25, 0.3) is 0 Å². The predicted molar refractivity (Wildman–Crippen MR) is 43.6 cm³/mol. The molecule has 3 heteroatoms. The maximum atomic E-state index is 10.3. The van der Waals surface area contributed by atoms with Gasteiger partial charge in [-0.05, 0) is 12.1 Å². The molecule has 0 saturated heterocycles. The number of carbonyl (C=O) groups excluding carboxylic acids is 1. The van der Waals surface area contributed by atoms with Gasteiger partial charge < -0.3 is 4.57 Å². The number of aldehydes is 1. The topological polar surface area (TPSA) is 22.0 Å². The Morgan fingerprint density at radius 1 is 1.70 bits per heavy atom. The Morgan fingerprint density at radius 2 is 2.50 bits per heavy atom. The highest BCUT2D eigenvalue weighted by atomic mass is 79.9. The Hall–Kier alpha value is -0.570. The summed E-state index contributed by atoms with van der Waals surface area (Å²) in [5.41, 5.74) is 0.736. The number of hydrogen-bond acceptors (Lipinski definition) is 1. The van der Waals surface area contributed by atoms with Gasteiger partial charge in [0.2, 0.25) is 0 Å². The van der Waals surface area contributed by atoms with E-state index < -0.39 is 0 Å². The minimum atomic E-state index is 0.736. The third-order valence-electron chi connectivity index (χ3n) is 1.31. The third-order valence-corrected chi connectivity index (χ3v) is 1.67. The first-order valence-corrected chi connectivity index (χ1v) is 4.17. The van der Waals surface area contributed by atoms with Crippen LogP contribution in [0.2, 0.25) is 0 Å². The maximum Gasteiger partial charge on any atom is 0.166 e. The van der Waals surface area contributed by atoms with E-state index in [2.05, 4.69) is 15.9 Å². The summed E-state index contributed by atoms with van der Waals surface area (Å²) in [5.74, 6) is 0. The molecule has 0 aliphatic carbocycles. The second-order valence-corrected chi connectivity index (χ2v) is 2.73. The summed E-state index contributed by atoms with van der Waals surface area (Å²) < 4.78 is 1.90. The molecule has 0 amide bonds. The molecule has 0 spiro atoms. The lowest BCUT2D eigenvalue weighted by Crippen LogP contribution is -2.00. The number of alkyl halides is 1. The quantitative estimate of drug-likeness (QED) is 0.540. The smallest absolute Gasteiger partial charge is 0.166 e.